The van der Waals surface area contributed by atoms with Crippen LogP contribution >= 0.6 is 15.9 Å². The molecule has 0 saturated heterocycles. The lowest BCUT2D eigenvalue weighted by Crippen LogP contribution is -2.15. The van der Waals surface area contributed by atoms with Crippen molar-refractivity contribution in [2.45, 2.75) is 26.2 Å². The van der Waals surface area contributed by atoms with Crippen molar-refractivity contribution in [3.63, 3.8) is 0 Å². The number of hydrogen-bond acceptors (Lipinski definition) is 5. The molecule has 2 aromatic carbocycles. The maximum absolute atomic E-state index is 12.1. The van der Waals surface area contributed by atoms with Gasteiger partial charge in [-0.05, 0) is 48.9 Å². The summed E-state index contributed by atoms with van der Waals surface area (Å²) in [6, 6.07) is 13.9. The van der Waals surface area contributed by atoms with Crippen LogP contribution in [0.25, 0.3) is 0 Å². The molecule has 0 aromatic heterocycles. The number of nitrogens with one attached hydrogen (secondary N) is 1. The molecule has 28 heavy (non-hydrogen) atoms. The van der Waals surface area contributed by atoms with Gasteiger partial charge in [0.05, 0.1) is 6.61 Å². The number of carbonyl (C=O) groups is 3. The molecule has 2 aromatic rings. The van der Waals surface area contributed by atoms with Crippen LogP contribution in [0.4, 0.5) is 5.69 Å². The van der Waals surface area contributed by atoms with Crippen LogP contribution in [0, 0.1) is 0 Å². The summed E-state index contributed by atoms with van der Waals surface area (Å²) < 4.78 is 11.5. The van der Waals surface area contributed by atoms with E-state index in [0.717, 1.165) is 10.2 Å². The number of carbonyl (C=O) groups excluding carboxylic acids is 3. The first-order chi connectivity index (χ1) is 13.5. The van der Waals surface area contributed by atoms with E-state index in [0.29, 0.717) is 30.7 Å². The Morgan fingerprint density at radius 1 is 1.07 bits per heavy atom. The second-order valence-corrected chi connectivity index (χ2v) is 6.89. The molecule has 0 radical (unpaired) electrons. The van der Waals surface area contributed by atoms with Crippen molar-refractivity contribution in [1.29, 1.82) is 0 Å². The molecule has 0 spiro atoms. The zero-order valence-electron chi connectivity index (χ0n) is 15.6. The fraction of sp³-hybridized carbons (Fsp3) is 0.286. The van der Waals surface area contributed by atoms with Crippen molar-refractivity contribution in [2.24, 2.45) is 0 Å². The smallest absolute Gasteiger partial charge is 0.306 e. The van der Waals surface area contributed by atoms with Gasteiger partial charge < -0.3 is 14.8 Å². The average molecular weight is 448 g/mol. The first kappa shape index (κ1) is 21.6. The summed E-state index contributed by atoms with van der Waals surface area (Å²) in [6.45, 7) is 1.82. The predicted molar refractivity (Wildman–Crippen MR) is 110 cm³/mol. The van der Waals surface area contributed by atoms with Crippen LogP contribution in [0.15, 0.2) is 53.0 Å². The van der Waals surface area contributed by atoms with Crippen molar-refractivity contribution in [2.75, 3.05) is 18.5 Å². The van der Waals surface area contributed by atoms with Gasteiger partial charge >= 0.3 is 5.97 Å². The van der Waals surface area contributed by atoms with E-state index in [1.54, 1.807) is 31.2 Å². The SMILES string of the molecule is CCC(=O)Nc1ccc(C(=O)COC(=O)CCCOc2cccc(Br)c2)cc1. The third-order valence-corrected chi connectivity index (χ3v) is 4.26. The number of hydrogen-bond donors (Lipinski definition) is 1. The summed E-state index contributed by atoms with van der Waals surface area (Å²) >= 11 is 3.36. The van der Waals surface area contributed by atoms with Crippen LogP contribution in [0.2, 0.25) is 0 Å². The van der Waals surface area contributed by atoms with Crippen LogP contribution in [0.1, 0.15) is 36.5 Å². The van der Waals surface area contributed by atoms with Gasteiger partial charge in [-0.15, -0.1) is 0 Å². The molecule has 2 rings (SSSR count). The highest BCUT2D eigenvalue weighted by Gasteiger charge is 2.10. The van der Waals surface area contributed by atoms with Gasteiger partial charge in [0, 0.05) is 28.6 Å². The van der Waals surface area contributed by atoms with E-state index in [1.807, 2.05) is 24.3 Å². The number of benzene rings is 2. The Morgan fingerprint density at radius 2 is 1.82 bits per heavy atom. The topological polar surface area (TPSA) is 81.7 Å². The Kier molecular flexibility index (Phi) is 8.68. The normalized spacial score (nSPS) is 10.2. The monoisotopic (exact) mass is 447 g/mol. The summed E-state index contributed by atoms with van der Waals surface area (Å²) in [4.78, 5) is 35.2. The molecule has 0 atom stereocenters. The van der Waals surface area contributed by atoms with E-state index < -0.39 is 5.97 Å². The van der Waals surface area contributed by atoms with Crippen molar-refractivity contribution >= 4 is 39.3 Å². The van der Waals surface area contributed by atoms with Crippen molar-refractivity contribution in [3.05, 3.63) is 58.6 Å². The number of anilines is 1. The Hall–Kier alpha value is -2.67. The largest absolute Gasteiger partial charge is 0.494 e. The van der Waals surface area contributed by atoms with Gasteiger partial charge in [0.15, 0.2) is 12.4 Å². The lowest BCUT2D eigenvalue weighted by molar-refractivity contribution is -0.142. The number of ether oxygens (including phenoxy) is 2. The minimum Gasteiger partial charge on any atom is -0.494 e. The lowest BCUT2D eigenvalue weighted by Gasteiger charge is -2.07. The number of esters is 1. The van der Waals surface area contributed by atoms with Crippen molar-refractivity contribution in [1.82, 2.24) is 0 Å². The molecule has 1 amide bonds. The van der Waals surface area contributed by atoms with Gasteiger partial charge in [-0.25, -0.2) is 0 Å². The quantitative estimate of drug-likeness (QED) is 0.331. The number of Topliss-reactive ketones (excluding diaryl/α,β-unsaturated/α-hetero) is 1. The fourth-order valence-corrected chi connectivity index (χ4v) is 2.63. The van der Waals surface area contributed by atoms with Gasteiger partial charge in [-0.1, -0.05) is 28.9 Å². The number of rotatable bonds is 10. The molecule has 7 heteroatoms. The van der Waals surface area contributed by atoms with Crippen molar-refractivity contribution < 1.29 is 23.9 Å². The molecule has 0 aliphatic heterocycles. The van der Waals surface area contributed by atoms with Gasteiger partial charge in [0.1, 0.15) is 5.75 Å². The number of ketones is 1. The van der Waals surface area contributed by atoms with Gasteiger partial charge in [0.25, 0.3) is 0 Å². The first-order valence-electron chi connectivity index (χ1n) is 8.95. The minimum absolute atomic E-state index is 0.100. The average Bonchev–Trinajstić information content (AvgIpc) is 2.70. The van der Waals surface area contributed by atoms with Crippen molar-refractivity contribution in [3.8, 4) is 5.75 Å². The van der Waals surface area contributed by atoms with E-state index in [4.69, 9.17) is 9.47 Å². The molecular weight excluding hydrogens is 426 g/mol. The maximum Gasteiger partial charge on any atom is 0.306 e. The Labute approximate surface area is 172 Å². The second kappa shape index (κ2) is 11.2. The molecule has 0 bridgehead atoms. The van der Waals surface area contributed by atoms with Crippen LogP contribution < -0.4 is 10.1 Å². The molecule has 0 aliphatic rings. The third-order valence-electron chi connectivity index (χ3n) is 3.77. The third kappa shape index (κ3) is 7.52. The Balaban J connectivity index is 1.67. The Morgan fingerprint density at radius 3 is 2.50 bits per heavy atom. The molecule has 0 aliphatic carbocycles. The summed E-state index contributed by atoms with van der Waals surface area (Å²) in [7, 11) is 0. The van der Waals surface area contributed by atoms with Crippen LogP contribution in [-0.2, 0) is 14.3 Å². The summed E-state index contributed by atoms with van der Waals surface area (Å²) in [5, 5.41) is 2.70. The highest BCUT2D eigenvalue weighted by Crippen LogP contribution is 2.18. The number of halogens is 1. The summed E-state index contributed by atoms with van der Waals surface area (Å²) in [5.41, 5.74) is 1.03. The van der Waals surface area contributed by atoms with Gasteiger partial charge in [-0.3, -0.25) is 14.4 Å². The number of amides is 1. The molecule has 0 saturated carbocycles. The molecule has 0 unspecified atom stereocenters. The molecule has 148 valence electrons. The predicted octanol–water partition coefficient (Wildman–Crippen LogP) is 4.38. The van der Waals surface area contributed by atoms with Gasteiger partial charge in [0.2, 0.25) is 5.91 Å². The standard InChI is InChI=1S/C21H22BrNO5/c1-2-20(25)23-17-10-8-15(9-11-17)19(24)14-28-21(26)7-4-12-27-18-6-3-5-16(22)13-18/h3,5-6,8-11,13H,2,4,7,12,14H2,1H3,(H,23,25). The first-order valence-corrected chi connectivity index (χ1v) is 9.74. The van der Waals surface area contributed by atoms with E-state index in [9.17, 15) is 14.4 Å². The Bertz CT molecular complexity index is 820. The van der Waals surface area contributed by atoms with E-state index >= 15 is 0 Å². The zero-order valence-corrected chi connectivity index (χ0v) is 17.2. The fourth-order valence-electron chi connectivity index (χ4n) is 2.25. The molecule has 0 fully saturated rings. The van der Waals surface area contributed by atoms with E-state index in [-0.39, 0.29) is 24.7 Å². The lowest BCUT2D eigenvalue weighted by atomic mass is 10.1. The highest BCUT2D eigenvalue weighted by molar-refractivity contribution is 9.10. The summed E-state index contributed by atoms with van der Waals surface area (Å²) in [5.74, 6) is -0.126. The minimum atomic E-state index is -0.446. The van der Waals surface area contributed by atoms with Crippen LogP contribution in [0.3, 0.4) is 0 Å². The second-order valence-electron chi connectivity index (χ2n) is 5.97. The highest BCUT2D eigenvalue weighted by atomic mass is 79.9. The van der Waals surface area contributed by atoms with Gasteiger partial charge in [-0.2, -0.15) is 0 Å². The zero-order chi connectivity index (χ0) is 20.4. The van der Waals surface area contributed by atoms with E-state index in [2.05, 4.69) is 21.2 Å². The summed E-state index contributed by atoms with van der Waals surface area (Å²) in [6.07, 6.45) is 1.04. The molecular formula is C21H22BrNO5. The molecule has 0 heterocycles. The van der Waals surface area contributed by atoms with Crippen LogP contribution in [-0.4, -0.2) is 30.9 Å². The van der Waals surface area contributed by atoms with Crippen LogP contribution in [0.5, 0.6) is 5.75 Å². The molecule has 1 N–H and O–H groups in total. The molecule has 6 nitrogen and oxygen atoms in total. The van der Waals surface area contributed by atoms with E-state index in [1.165, 1.54) is 0 Å². The maximum atomic E-state index is 12.1.